The number of rotatable bonds is 3. The maximum absolute atomic E-state index is 12.1. The molecule has 2 rings (SSSR count). The van der Waals surface area contributed by atoms with E-state index in [1.54, 1.807) is 6.07 Å². The molecule has 2 aromatic rings. The van der Waals surface area contributed by atoms with E-state index in [0.717, 1.165) is 0 Å². The number of nitrogens with two attached hydrogens (primary N) is 1. The third kappa shape index (κ3) is 2.78. The number of nitrogens with one attached hydrogen (secondary N) is 1. The molecule has 7 nitrogen and oxygen atoms in total. The Morgan fingerprint density at radius 3 is 2.58 bits per heavy atom. The molecule has 0 spiro atoms. The van der Waals surface area contributed by atoms with Gasteiger partial charge in [0.05, 0.1) is 23.6 Å². The van der Waals surface area contributed by atoms with E-state index in [9.17, 15) is 8.42 Å². The average Bonchev–Trinajstić information content (AvgIpc) is 2.38. The van der Waals surface area contributed by atoms with Crippen LogP contribution in [0.3, 0.4) is 0 Å². The van der Waals surface area contributed by atoms with Crippen molar-refractivity contribution < 1.29 is 8.42 Å². The maximum Gasteiger partial charge on any atom is 0.263 e. The van der Waals surface area contributed by atoms with Gasteiger partial charge in [-0.15, -0.1) is 0 Å². The number of hydrogen-bond donors (Lipinski definition) is 2. The summed E-state index contributed by atoms with van der Waals surface area (Å²) < 4.78 is 26.6. The van der Waals surface area contributed by atoms with Crippen LogP contribution in [-0.4, -0.2) is 18.4 Å². The molecule has 0 radical (unpaired) electrons. The zero-order chi connectivity index (χ0) is 13.9. The van der Waals surface area contributed by atoms with Gasteiger partial charge in [0, 0.05) is 5.69 Å². The van der Waals surface area contributed by atoms with Gasteiger partial charge in [-0.1, -0.05) is 0 Å². The van der Waals surface area contributed by atoms with Gasteiger partial charge in [0.15, 0.2) is 0 Å². The first-order valence-corrected chi connectivity index (χ1v) is 6.59. The van der Waals surface area contributed by atoms with Gasteiger partial charge in [0.1, 0.15) is 17.3 Å². The number of anilines is 2. The molecule has 0 saturated heterocycles. The average molecular weight is 275 g/mol. The van der Waals surface area contributed by atoms with Gasteiger partial charge in [-0.25, -0.2) is 18.4 Å². The summed E-state index contributed by atoms with van der Waals surface area (Å²) in [6.45, 7) is 0. The van der Waals surface area contributed by atoms with Crippen LogP contribution in [0.2, 0.25) is 0 Å². The van der Waals surface area contributed by atoms with E-state index in [1.807, 2.05) is 0 Å². The lowest BCUT2D eigenvalue weighted by Crippen LogP contribution is -2.14. The van der Waals surface area contributed by atoms with Gasteiger partial charge in [-0.05, 0) is 18.2 Å². The molecule has 0 fully saturated rings. The molecule has 1 aromatic carbocycles. The quantitative estimate of drug-likeness (QED) is 0.796. The Morgan fingerprint density at radius 2 is 1.95 bits per heavy atom. The van der Waals surface area contributed by atoms with Crippen molar-refractivity contribution in [1.82, 2.24) is 9.97 Å². The molecule has 1 aromatic heterocycles. The Bertz CT molecular complexity index is 737. The molecule has 8 heteroatoms. The van der Waals surface area contributed by atoms with E-state index in [0.29, 0.717) is 5.69 Å². The molecule has 0 aliphatic carbocycles. The third-order valence-corrected chi connectivity index (χ3v) is 3.67. The zero-order valence-electron chi connectivity index (χ0n) is 9.61. The largest absolute Gasteiger partial charge is 0.399 e. The summed E-state index contributed by atoms with van der Waals surface area (Å²) >= 11 is 0. The van der Waals surface area contributed by atoms with Crippen molar-refractivity contribution in [1.29, 1.82) is 5.26 Å². The van der Waals surface area contributed by atoms with Crippen molar-refractivity contribution in [2.24, 2.45) is 0 Å². The topological polar surface area (TPSA) is 122 Å². The van der Waals surface area contributed by atoms with E-state index < -0.39 is 10.0 Å². The highest BCUT2D eigenvalue weighted by atomic mass is 32.2. The SMILES string of the molecule is N#Cc1cc(N)ccc1S(=O)(=O)Nc1cncnc1. The van der Waals surface area contributed by atoms with Gasteiger partial charge >= 0.3 is 0 Å². The predicted octanol–water partition coefficient (Wildman–Crippen LogP) is 0.731. The van der Waals surface area contributed by atoms with E-state index in [-0.39, 0.29) is 16.1 Å². The summed E-state index contributed by atoms with van der Waals surface area (Å²) in [5.41, 5.74) is 6.02. The fourth-order valence-electron chi connectivity index (χ4n) is 1.43. The Kier molecular flexibility index (Phi) is 3.31. The fraction of sp³-hybridized carbons (Fsp3) is 0. The first kappa shape index (κ1) is 12.8. The number of benzene rings is 1. The van der Waals surface area contributed by atoms with Crippen LogP contribution in [0.15, 0.2) is 41.8 Å². The zero-order valence-corrected chi connectivity index (χ0v) is 10.4. The van der Waals surface area contributed by atoms with Crippen molar-refractivity contribution in [3.63, 3.8) is 0 Å². The number of nitriles is 1. The van der Waals surface area contributed by atoms with Crippen LogP contribution in [0.4, 0.5) is 11.4 Å². The molecule has 0 amide bonds. The lowest BCUT2D eigenvalue weighted by molar-refractivity contribution is 0.601. The number of hydrogen-bond acceptors (Lipinski definition) is 6. The van der Waals surface area contributed by atoms with Crippen LogP contribution in [0.25, 0.3) is 0 Å². The Balaban J connectivity index is 2.44. The van der Waals surface area contributed by atoms with Gasteiger partial charge < -0.3 is 5.73 Å². The van der Waals surface area contributed by atoms with Gasteiger partial charge in [-0.3, -0.25) is 4.72 Å². The molecule has 0 aliphatic heterocycles. The second-order valence-electron chi connectivity index (χ2n) is 3.60. The van der Waals surface area contributed by atoms with E-state index in [4.69, 9.17) is 11.0 Å². The Labute approximate surface area is 109 Å². The third-order valence-electron chi connectivity index (χ3n) is 2.23. The standard InChI is InChI=1S/C11H9N5O2S/c12-4-8-3-9(13)1-2-11(8)19(17,18)16-10-5-14-7-15-6-10/h1-3,5-7,16H,13H2. The number of nitrogens with zero attached hydrogens (tertiary/aromatic N) is 3. The molecule has 0 bridgehead atoms. The summed E-state index contributed by atoms with van der Waals surface area (Å²) in [5, 5.41) is 8.95. The van der Waals surface area contributed by atoms with Crippen molar-refractivity contribution >= 4 is 21.4 Å². The van der Waals surface area contributed by atoms with E-state index in [1.165, 1.54) is 36.9 Å². The highest BCUT2D eigenvalue weighted by molar-refractivity contribution is 7.92. The molecule has 0 atom stereocenters. The van der Waals surface area contributed by atoms with Crippen molar-refractivity contribution in [2.75, 3.05) is 10.5 Å². The summed E-state index contributed by atoms with van der Waals surface area (Å²) in [7, 11) is -3.88. The highest BCUT2D eigenvalue weighted by Crippen LogP contribution is 2.20. The van der Waals surface area contributed by atoms with E-state index >= 15 is 0 Å². The lowest BCUT2D eigenvalue weighted by Gasteiger charge is -2.08. The smallest absolute Gasteiger partial charge is 0.263 e. The second-order valence-corrected chi connectivity index (χ2v) is 5.25. The normalized spacial score (nSPS) is 10.7. The molecule has 96 valence electrons. The lowest BCUT2D eigenvalue weighted by atomic mass is 10.2. The molecule has 3 N–H and O–H groups in total. The summed E-state index contributed by atoms with van der Waals surface area (Å²) in [5.74, 6) is 0. The first-order valence-electron chi connectivity index (χ1n) is 5.10. The number of aromatic nitrogens is 2. The van der Waals surface area contributed by atoms with Gasteiger partial charge in [0.25, 0.3) is 10.0 Å². The molecule has 0 aliphatic rings. The van der Waals surface area contributed by atoms with Crippen LogP contribution >= 0.6 is 0 Å². The Morgan fingerprint density at radius 1 is 1.26 bits per heavy atom. The Hall–Kier alpha value is -2.66. The van der Waals surface area contributed by atoms with Gasteiger partial charge in [0.2, 0.25) is 0 Å². The summed E-state index contributed by atoms with van der Waals surface area (Å²) in [6, 6.07) is 5.79. The molecule has 0 unspecified atom stereocenters. The summed E-state index contributed by atoms with van der Waals surface area (Å²) in [4.78, 5) is 7.25. The van der Waals surface area contributed by atoms with Crippen LogP contribution in [0, 0.1) is 11.3 Å². The fourth-order valence-corrected chi connectivity index (χ4v) is 2.60. The van der Waals surface area contributed by atoms with E-state index in [2.05, 4.69) is 14.7 Å². The molecule has 0 saturated carbocycles. The molecular weight excluding hydrogens is 266 g/mol. The molecular formula is C11H9N5O2S. The minimum absolute atomic E-state index is 0.0238. The summed E-state index contributed by atoms with van der Waals surface area (Å²) in [6.07, 6.45) is 3.91. The van der Waals surface area contributed by atoms with Crippen LogP contribution in [0.1, 0.15) is 5.56 Å². The van der Waals surface area contributed by atoms with Crippen molar-refractivity contribution in [2.45, 2.75) is 4.90 Å². The van der Waals surface area contributed by atoms with Crippen molar-refractivity contribution in [3.8, 4) is 6.07 Å². The number of sulfonamides is 1. The van der Waals surface area contributed by atoms with Crippen LogP contribution in [0.5, 0.6) is 0 Å². The predicted molar refractivity (Wildman–Crippen MR) is 68.4 cm³/mol. The molecule has 19 heavy (non-hydrogen) atoms. The maximum atomic E-state index is 12.1. The monoisotopic (exact) mass is 275 g/mol. The number of nitrogen functional groups attached to an aromatic ring is 1. The molecule has 1 heterocycles. The second kappa shape index (κ2) is 4.91. The van der Waals surface area contributed by atoms with Crippen LogP contribution < -0.4 is 10.5 Å². The minimum Gasteiger partial charge on any atom is -0.399 e. The first-order chi connectivity index (χ1) is 9.03. The highest BCUT2D eigenvalue weighted by Gasteiger charge is 2.19. The van der Waals surface area contributed by atoms with Crippen molar-refractivity contribution in [3.05, 3.63) is 42.5 Å². The van der Waals surface area contributed by atoms with Crippen LogP contribution in [-0.2, 0) is 10.0 Å². The minimum atomic E-state index is -3.88. The van der Waals surface area contributed by atoms with Gasteiger partial charge in [-0.2, -0.15) is 5.26 Å².